The van der Waals surface area contributed by atoms with Crippen molar-refractivity contribution in [3.8, 4) is 0 Å². The molecule has 0 atom stereocenters. The third kappa shape index (κ3) is 3.92. The molecule has 0 unspecified atom stereocenters. The quantitative estimate of drug-likeness (QED) is 0.393. The Morgan fingerprint density at radius 3 is 3.03 bits per heavy atom. The van der Waals surface area contributed by atoms with Gasteiger partial charge in [0.1, 0.15) is 11.4 Å². The van der Waals surface area contributed by atoms with Gasteiger partial charge < -0.3 is 0 Å². The van der Waals surface area contributed by atoms with Crippen LogP contribution in [0.1, 0.15) is 28.8 Å². The molecule has 3 aromatic rings. The number of hydrogen-bond acceptors (Lipinski definition) is 7. The SMILES string of the molecule is O=C(Cn1cnc2sc3c(c2c1=O)CCCC3)N/N=C/c1cccc([N+](=O)[O-])c1. The van der Waals surface area contributed by atoms with E-state index in [9.17, 15) is 19.7 Å². The van der Waals surface area contributed by atoms with Crippen molar-refractivity contribution in [3.05, 3.63) is 67.1 Å². The molecule has 0 fully saturated rings. The molecule has 1 aromatic carbocycles. The Hall–Kier alpha value is -3.40. The van der Waals surface area contributed by atoms with E-state index >= 15 is 0 Å². The van der Waals surface area contributed by atoms with Crippen LogP contribution in [0.25, 0.3) is 10.2 Å². The maximum Gasteiger partial charge on any atom is 0.270 e. The van der Waals surface area contributed by atoms with Gasteiger partial charge in [-0.3, -0.25) is 24.3 Å². The fourth-order valence-electron chi connectivity index (χ4n) is 3.38. The molecule has 0 aliphatic heterocycles. The first-order chi connectivity index (χ1) is 14.0. The zero-order valence-electron chi connectivity index (χ0n) is 15.3. The number of rotatable bonds is 5. The number of carbonyl (C=O) groups is 1. The van der Waals surface area contributed by atoms with Crippen molar-refractivity contribution in [1.82, 2.24) is 15.0 Å². The number of hydrogen-bond donors (Lipinski definition) is 1. The van der Waals surface area contributed by atoms with Crippen LogP contribution < -0.4 is 11.0 Å². The third-order valence-corrected chi connectivity index (χ3v) is 5.94. The fourth-order valence-corrected chi connectivity index (χ4v) is 4.60. The van der Waals surface area contributed by atoms with Crippen LogP contribution in [-0.4, -0.2) is 26.6 Å². The highest BCUT2D eigenvalue weighted by atomic mass is 32.1. The number of amides is 1. The van der Waals surface area contributed by atoms with E-state index in [4.69, 9.17) is 0 Å². The standard InChI is InChI=1S/C19H17N5O4S/c25-16(22-21-9-12-4-3-5-13(8-12)24(27)28)10-23-11-20-18-17(19(23)26)14-6-1-2-7-15(14)29-18/h3-5,8-9,11H,1-2,6-7,10H2,(H,22,25)/b21-9+. The number of carbonyl (C=O) groups excluding carboxylic acids is 1. The number of nitro benzene ring substituents is 1. The van der Waals surface area contributed by atoms with Crippen LogP contribution in [0.4, 0.5) is 5.69 Å². The molecule has 148 valence electrons. The molecule has 0 radical (unpaired) electrons. The van der Waals surface area contributed by atoms with Gasteiger partial charge in [-0.25, -0.2) is 10.4 Å². The molecule has 0 spiro atoms. The summed E-state index contributed by atoms with van der Waals surface area (Å²) in [5, 5.41) is 15.2. The second-order valence-electron chi connectivity index (χ2n) is 6.71. The number of aryl methyl sites for hydroxylation is 2. The predicted octanol–water partition coefficient (Wildman–Crippen LogP) is 2.40. The number of non-ortho nitro benzene ring substituents is 1. The van der Waals surface area contributed by atoms with Gasteiger partial charge in [-0.2, -0.15) is 5.10 Å². The Kier molecular flexibility index (Phi) is 5.17. The summed E-state index contributed by atoms with van der Waals surface area (Å²) in [7, 11) is 0. The van der Waals surface area contributed by atoms with Crippen molar-refractivity contribution < 1.29 is 9.72 Å². The molecular weight excluding hydrogens is 394 g/mol. The lowest BCUT2D eigenvalue weighted by atomic mass is 9.97. The van der Waals surface area contributed by atoms with E-state index in [0.29, 0.717) is 10.9 Å². The smallest absolute Gasteiger partial charge is 0.270 e. The number of nitrogens with zero attached hydrogens (tertiary/aromatic N) is 4. The number of thiophene rings is 1. The molecule has 1 N–H and O–H groups in total. The number of nitrogens with one attached hydrogen (secondary N) is 1. The lowest BCUT2D eigenvalue weighted by Crippen LogP contribution is -2.30. The summed E-state index contributed by atoms with van der Waals surface area (Å²) in [6, 6.07) is 5.88. The van der Waals surface area contributed by atoms with Gasteiger partial charge in [0.25, 0.3) is 17.2 Å². The second-order valence-corrected chi connectivity index (χ2v) is 7.80. The van der Waals surface area contributed by atoms with Gasteiger partial charge in [-0.1, -0.05) is 12.1 Å². The Balaban J connectivity index is 1.48. The highest BCUT2D eigenvalue weighted by molar-refractivity contribution is 7.18. The summed E-state index contributed by atoms with van der Waals surface area (Å²) in [5.74, 6) is -0.487. The topological polar surface area (TPSA) is 119 Å². The molecule has 0 bridgehead atoms. The van der Waals surface area contributed by atoms with Crippen LogP contribution in [0.5, 0.6) is 0 Å². The van der Waals surface area contributed by atoms with Crippen LogP contribution >= 0.6 is 11.3 Å². The Labute approximate surface area is 168 Å². The molecule has 9 nitrogen and oxygen atoms in total. The van der Waals surface area contributed by atoms with E-state index in [2.05, 4.69) is 15.5 Å². The van der Waals surface area contributed by atoms with Gasteiger partial charge >= 0.3 is 0 Å². The van der Waals surface area contributed by atoms with Crippen molar-refractivity contribution in [3.63, 3.8) is 0 Å². The predicted molar refractivity (Wildman–Crippen MR) is 109 cm³/mol. The summed E-state index contributed by atoms with van der Waals surface area (Å²) in [6.45, 7) is -0.210. The van der Waals surface area contributed by atoms with Crippen molar-refractivity contribution in [1.29, 1.82) is 0 Å². The van der Waals surface area contributed by atoms with E-state index in [-0.39, 0.29) is 17.8 Å². The lowest BCUT2D eigenvalue weighted by molar-refractivity contribution is -0.384. The molecule has 29 heavy (non-hydrogen) atoms. The molecule has 2 heterocycles. The average Bonchev–Trinajstić information content (AvgIpc) is 3.09. The molecular formula is C19H17N5O4S. The normalized spacial score (nSPS) is 13.5. The van der Waals surface area contributed by atoms with Crippen molar-refractivity contribution in [2.75, 3.05) is 0 Å². The summed E-state index contributed by atoms with van der Waals surface area (Å²) < 4.78 is 1.28. The van der Waals surface area contributed by atoms with Crippen LogP contribution in [0.2, 0.25) is 0 Å². The van der Waals surface area contributed by atoms with E-state index in [1.165, 1.54) is 40.2 Å². The Bertz CT molecular complexity index is 1200. The maximum atomic E-state index is 12.8. The third-order valence-electron chi connectivity index (χ3n) is 4.74. The summed E-state index contributed by atoms with van der Waals surface area (Å²) >= 11 is 1.56. The van der Waals surface area contributed by atoms with E-state index in [1.807, 2.05) is 0 Å². The number of fused-ring (bicyclic) bond motifs is 3. The van der Waals surface area contributed by atoms with E-state index in [0.717, 1.165) is 36.1 Å². The minimum atomic E-state index is -0.505. The Morgan fingerprint density at radius 2 is 2.21 bits per heavy atom. The first kappa shape index (κ1) is 18.9. The van der Waals surface area contributed by atoms with Gasteiger partial charge in [0.2, 0.25) is 0 Å². The Morgan fingerprint density at radius 1 is 1.38 bits per heavy atom. The molecule has 1 amide bonds. The van der Waals surface area contributed by atoms with Crippen LogP contribution in [0.15, 0.2) is 40.5 Å². The molecule has 10 heteroatoms. The first-order valence-corrected chi connectivity index (χ1v) is 9.90. The van der Waals surface area contributed by atoms with Crippen LogP contribution in [0, 0.1) is 10.1 Å². The maximum absolute atomic E-state index is 12.8. The number of aromatic nitrogens is 2. The number of benzene rings is 1. The average molecular weight is 411 g/mol. The lowest BCUT2D eigenvalue weighted by Gasteiger charge is -2.10. The highest BCUT2D eigenvalue weighted by Crippen LogP contribution is 2.33. The molecule has 4 rings (SSSR count). The summed E-state index contributed by atoms with van der Waals surface area (Å²) in [4.78, 5) is 41.6. The minimum Gasteiger partial charge on any atom is -0.289 e. The molecule has 1 aliphatic rings. The van der Waals surface area contributed by atoms with Crippen LogP contribution in [-0.2, 0) is 24.2 Å². The van der Waals surface area contributed by atoms with Crippen molar-refractivity contribution >= 4 is 39.4 Å². The van der Waals surface area contributed by atoms with Crippen molar-refractivity contribution in [2.45, 2.75) is 32.2 Å². The zero-order chi connectivity index (χ0) is 20.4. The first-order valence-electron chi connectivity index (χ1n) is 9.09. The van der Waals surface area contributed by atoms with Gasteiger partial charge in [0, 0.05) is 22.6 Å². The second kappa shape index (κ2) is 7.92. The van der Waals surface area contributed by atoms with Gasteiger partial charge in [-0.05, 0) is 31.2 Å². The summed E-state index contributed by atoms with van der Waals surface area (Å²) in [5.41, 5.74) is 3.61. The van der Waals surface area contributed by atoms with Crippen molar-refractivity contribution in [2.24, 2.45) is 5.10 Å². The molecule has 2 aromatic heterocycles. The van der Waals surface area contributed by atoms with Gasteiger partial charge in [0.15, 0.2) is 0 Å². The molecule has 0 saturated heterocycles. The van der Waals surface area contributed by atoms with Gasteiger partial charge in [-0.15, -0.1) is 11.3 Å². The monoisotopic (exact) mass is 411 g/mol. The number of hydrazone groups is 1. The fraction of sp³-hybridized carbons (Fsp3) is 0.263. The zero-order valence-corrected chi connectivity index (χ0v) is 16.1. The van der Waals surface area contributed by atoms with Crippen LogP contribution in [0.3, 0.4) is 0 Å². The molecule has 0 saturated carbocycles. The highest BCUT2D eigenvalue weighted by Gasteiger charge is 2.20. The minimum absolute atomic E-state index is 0.0645. The van der Waals surface area contributed by atoms with E-state index < -0.39 is 10.8 Å². The summed E-state index contributed by atoms with van der Waals surface area (Å²) in [6.07, 6.45) is 6.72. The van der Waals surface area contributed by atoms with E-state index in [1.54, 1.807) is 17.4 Å². The largest absolute Gasteiger partial charge is 0.289 e. The molecule has 1 aliphatic carbocycles. The number of nitro groups is 1. The van der Waals surface area contributed by atoms with Gasteiger partial charge in [0.05, 0.1) is 22.9 Å².